The molecule has 1 saturated heterocycles. The molecule has 0 spiro atoms. The van der Waals surface area contributed by atoms with Crippen LogP contribution in [0.5, 0.6) is 0 Å². The molecule has 17 heavy (non-hydrogen) atoms. The van der Waals surface area contributed by atoms with Crippen molar-refractivity contribution in [1.82, 2.24) is 10.3 Å². The lowest BCUT2D eigenvalue weighted by Gasteiger charge is -2.36. The summed E-state index contributed by atoms with van der Waals surface area (Å²) in [6.45, 7) is 7.26. The highest BCUT2D eigenvalue weighted by molar-refractivity contribution is 5.82. The van der Waals surface area contributed by atoms with Crippen LogP contribution in [0.1, 0.15) is 40.0 Å². The highest BCUT2D eigenvalue weighted by atomic mass is 16.2. The lowest BCUT2D eigenvalue weighted by molar-refractivity contribution is -0.143. The van der Waals surface area contributed by atoms with E-state index in [9.17, 15) is 9.59 Å². The Morgan fingerprint density at radius 2 is 1.88 bits per heavy atom. The van der Waals surface area contributed by atoms with Gasteiger partial charge in [-0.15, -0.1) is 0 Å². The lowest BCUT2D eigenvalue weighted by atomic mass is 9.87. The van der Waals surface area contributed by atoms with Crippen molar-refractivity contribution >= 4 is 11.8 Å². The Morgan fingerprint density at radius 1 is 1.35 bits per heavy atom. The highest BCUT2D eigenvalue weighted by Gasteiger charge is 2.33. The maximum absolute atomic E-state index is 12.2. The third-order valence-corrected chi connectivity index (χ3v) is 3.76. The van der Waals surface area contributed by atoms with Gasteiger partial charge in [0.25, 0.3) is 0 Å². The van der Waals surface area contributed by atoms with Gasteiger partial charge in [0, 0.05) is 24.4 Å². The topological polar surface area (TPSA) is 75.4 Å². The number of hydrogen-bond donors (Lipinski definition) is 2. The van der Waals surface area contributed by atoms with Crippen LogP contribution in [0.3, 0.4) is 0 Å². The number of rotatable bonds is 3. The Hall–Kier alpha value is -1.10. The van der Waals surface area contributed by atoms with E-state index in [0.29, 0.717) is 25.9 Å². The van der Waals surface area contributed by atoms with Crippen LogP contribution in [0.15, 0.2) is 0 Å². The van der Waals surface area contributed by atoms with E-state index in [-0.39, 0.29) is 23.1 Å². The fourth-order valence-corrected chi connectivity index (χ4v) is 2.04. The standard InChI is InChI=1S/C12H23N3O2/c1-4-12(2,3)11(17)15-7-5-9(6-8-15)10(16)14-13/h9H,4-8,13H2,1-3H3,(H,14,16). The van der Waals surface area contributed by atoms with Crippen molar-refractivity contribution in [3.05, 3.63) is 0 Å². The molecule has 2 amide bonds. The summed E-state index contributed by atoms with van der Waals surface area (Å²) in [5.41, 5.74) is 1.88. The van der Waals surface area contributed by atoms with Crippen LogP contribution in [-0.2, 0) is 9.59 Å². The summed E-state index contributed by atoms with van der Waals surface area (Å²) >= 11 is 0. The van der Waals surface area contributed by atoms with Crippen LogP contribution in [0.2, 0.25) is 0 Å². The van der Waals surface area contributed by atoms with Crippen molar-refractivity contribution in [3.8, 4) is 0 Å². The zero-order chi connectivity index (χ0) is 13.1. The predicted molar refractivity (Wildman–Crippen MR) is 65.7 cm³/mol. The Kier molecular flexibility index (Phi) is 4.51. The number of piperidine rings is 1. The summed E-state index contributed by atoms with van der Waals surface area (Å²) < 4.78 is 0. The van der Waals surface area contributed by atoms with Crippen molar-refractivity contribution in [2.75, 3.05) is 13.1 Å². The number of nitrogens with zero attached hydrogens (tertiary/aromatic N) is 1. The molecule has 0 radical (unpaired) electrons. The van der Waals surface area contributed by atoms with Gasteiger partial charge in [0.15, 0.2) is 0 Å². The van der Waals surface area contributed by atoms with Crippen LogP contribution in [0, 0.1) is 11.3 Å². The van der Waals surface area contributed by atoms with Gasteiger partial charge in [0.05, 0.1) is 0 Å². The molecule has 0 bridgehead atoms. The van der Waals surface area contributed by atoms with Gasteiger partial charge in [-0.25, -0.2) is 5.84 Å². The van der Waals surface area contributed by atoms with Gasteiger partial charge in [-0.1, -0.05) is 20.8 Å². The summed E-state index contributed by atoms with van der Waals surface area (Å²) in [6, 6.07) is 0. The van der Waals surface area contributed by atoms with Gasteiger partial charge in [-0.2, -0.15) is 0 Å². The molecule has 1 rings (SSSR count). The zero-order valence-electron chi connectivity index (χ0n) is 11.0. The molecule has 3 N–H and O–H groups in total. The maximum atomic E-state index is 12.2. The fourth-order valence-electron chi connectivity index (χ4n) is 2.04. The maximum Gasteiger partial charge on any atom is 0.237 e. The minimum atomic E-state index is -0.303. The Bertz CT molecular complexity index is 294. The number of hydrogen-bond acceptors (Lipinski definition) is 3. The van der Waals surface area contributed by atoms with Crippen molar-refractivity contribution < 1.29 is 9.59 Å². The van der Waals surface area contributed by atoms with Crippen molar-refractivity contribution in [2.24, 2.45) is 17.2 Å². The first-order valence-electron chi connectivity index (χ1n) is 6.22. The first-order valence-corrected chi connectivity index (χ1v) is 6.22. The van der Waals surface area contributed by atoms with E-state index in [1.807, 2.05) is 25.7 Å². The first-order chi connectivity index (χ1) is 7.92. The molecule has 0 atom stereocenters. The molecule has 0 unspecified atom stereocenters. The van der Waals surface area contributed by atoms with Gasteiger partial charge in [0.2, 0.25) is 11.8 Å². The average Bonchev–Trinajstić information content (AvgIpc) is 2.37. The van der Waals surface area contributed by atoms with E-state index < -0.39 is 0 Å². The molecule has 0 aliphatic carbocycles. The molecule has 0 saturated carbocycles. The molecule has 1 aliphatic rings. The van der Waals surface area contributed by atoms with Crippen LogP contribution in [-0.4, -0.2) is 29.8 Å². The molecule has 1 heterocycles. The molecule has 0 aromatic heterocycles. The second-order valence-corrected chi connectivity index (χ2v) is 5.31. The predicted octanol–water partition coefficient (Wildman–Crippen LogP) is 0.651. The van der Waals surface area contributed by atoms with Crippen LogP contribution < -0.4 is 11.3 Å². The largest absolute Gasteiger partial charge is 0.342 e. The van der Waals surface area contributed by atoms with Gasteiger partial charge in [-0.3, -0.25) is 15.0 Å². The molecule has 1 aliphatic heterocycles. The number of likely N-dealkylation sites (tertiary alicyclic amines) is 1. The Balaban J connectivity index is 2.52. The number of amides is 2. The van der Waals surface area contributed by atoms with E-state index in [1.165, 1.54) is 0 Å². The van der Waals surface area contributed by atoms with Crippen LogP contribution >= 0.6 is 0 Å². The van der Waals surface area contributed by atoms with Crippen molar-refractivity contribution in [2.45, 2.75) is 40.0 Å². The zero-order valence-corrected chi connectivity index (χ0v) is 11.0. The quantitative estimate of drug-likeness (QED) is 0.433. The fraction of sp³-hybridized carbons (Fsp3) is 0.833. The molecule has 0 aromatic rings. The van der Waals surface area contributed by atoms with Crippen molar-refractivity contribution in [1.29, 1.82) is 0 Å². The smallest absolute Gasteiger partial charge is 0.237 e. The second-order valence-electron chi connectivity index (χ2n) is 5.31. The SMILES string of the molecule is CCC(C)(C)C(=O)N1CCC(C(=O)NN)CC1. The molecule has 5 heteroatoms. The number of nitrogens with two attached hydrogens (primary N) is 1. The minimum absolute atomic E-state index is 0.0474. The molecule has 5 nitrogen and oxygen atoms in total. The number of nitrogens with one attached hydrogen (secondary N) is 1. The molecule has 98 valence electrons. The third-order valence-electron chi connectivity index (χ3n) is 3.76. The number of carbonyl (C=O) groups is 2. The third kappa shape index (κ3) is 3.19. The van der Waals surface area contributed by atoms with E-state index in [4.69, 9.17) is 5.84 Å². The minimum Gasteiger partial charge on any atom is -0.342 e. The Morgan fingerprint density at radius 3 is 2.29 bits per heavy atom. The number of carbonyl (C=O) groups excluding carboxylic acids is 2. The first kappa shape index (κ1) is 14.0. The molecular weight excluding hydrogens is 218 g/mol. The number of hydrazine groups is 1. The summed E-state index contributed by atoms with van der Waals surface area (Å²) in [5, 5.41) is 0. The van der Waals surface area contributed by atoms with Crippen LogP contribution in [0.25, 0.3) is 0 Å². The molecule has 1 fully saturated rings. The monoisotopic (exact) mass is 241 g/mol. The summed E-state index contributed by atoms with van der Waals surface area (Å²) in [7, 11) is 0. The lowest BCUT2D eigenvalue weighted by Crippen LogP contribution is -2.48. The van der Waals surface area contributed by atoms with Gasteiger partial charge >= 0.3 is 0 Å². The van der Waals surface area contributed by atoms with E-state index in [2.05, 4.69) is 5.43 Å². The van der Waals surface area contributed by atoms with Gasteiger partial charge in [0.1, 0.15) is 0 Å². The van der Waals surface area contributed by atoms with Crippen LogP contribution in [0.4, 0.5) is 0 Å². The van der Waals surface area contributed by atoms with Gasteiger partial charge < -0.3 is 4.90 Å². The normalized spacial score (nSPS) is 18.0. The summed E-state index contributed by atoms with van der Waals surface area (Å²) in [6.07, 6.45) is 2.23. The molecule has 0 aromatic carbocycles. The molecular formula is C12H23N3O2. The van der Waals surface area contributed by atoms with Gasteiger partial charge in [-0.05, 0) is 19.3 Å². The van der Waals surface area contributed by atoms with E-state index >= 15 is 0 Å². The highest BCUT2D eigenvalue weighted by Crippen LogP contribution is 2.26. The summed E-state index contributed by atoms with van der Waals surface area (Å²) in [4.78, 5) is 25.4. The van der Waals surface area contributed by atoms with E-state index in [1.54, 1.807) is 0 Å². The van der Waals surface area contributed by atoms with E-state index in [0.717, 1.165) is 6.42 Å². The average molecular weight is 241 g/mol. The Labute approximate surface area is 103 Å². The van der Waals surface area contributed by atoms with Crippen molar-refractivity contribution in [3.63, 3.8) is 0 Å². The summed E-state index contributed by atoms with van der Waals surface area (Å²) in [5.74, 6) is 5.13. The second kappa shape index (κ2) is 5.49.